The number of anilines is 3. The Morgan fingerprint density at radius 3 is 2.37 bits per heavy atom. The maximum absolute atomic E-state index is 4.80. The third-order valence-electron chi connectivity index (χ3n) is 5.14. The van der Waals surface area contributed by atoms with Crippen LogP contribution in [0.4, 0.5) is 17.5 Å². The molecule has 0 radical (unpaired) electrons. The standard InChI is InChI=1S/C23H26N4/c1-17-10-8-9-15-20(17)25-22-16-21(18-11-4-2-5-12-18)26-23(27-22)24-19-13-6-3-7-14-19/h2,4-5,8-12,15-16,19H,3,6-7,13-14H2,1H3,(H2,24,25,26,27). The summed E-state index contributed by atoms with van der Waals surface area (Å²) in [6, 6.07) is 21.0. The van der Waals surface area contributed by atoms with E-state index in [1.54, 1.807) is 0 Å². The predicted octanol–water partition coefficient (Wildman–Crippen LogP) is 5.94. The van der Waals surface area contributed by atoms with Crippen LogP contribution < -0.4 is 10.6 Å². The molecule has 138 valence electrons. The van der Waals surface area contributed by atoms with Crippen molar-refractivity contribution in [2.45, 2.75) is 45.1 Å². The third-order valence-corrected chi connectivity index (χ3v) is 5.14. The van der Waals surface area contributed by atoms with Crippen molar-refractivity contribution in [1.82, 2.24) is 9.97 Å². The minimum Gasteiger partial charge on any atom is -0.351 e. The number of aromatic nitrogens is 2. The van der Waals surface area contributed by atoms with E-state index in [1.807, 2.05) is 36.4 Å². The number of hydrogen-bond acceptors (Lipinski definition) is 4. The molecule has 3 aromatic rings. The van der Waals surface area contributed by atoms with Crippen molar-refractivity contribution in [3.05, 3.63) is 66.2 Å². The van der Waals surface area contributed by atoms with Crippen LogP contribution in [0, 0.1) is 6.92 Å². The highest BCUT2D eigenvalue weighted by atomic mass is 15.2. The van der Waals surface area contributed by atoms with Crippen LogP contribution in [-0.4, -0.2) is 16.0 Å². The van der Waals surface area contributed by atoms with E-state index < -0.39 is 0 Å². The van der Waals surface area contributed by atoms with Gasteiger partial charge in [0, 0.05) is 23.4 Å². The molecule has 0 atom stereocenters. The number of benzene rings is 2. The van der Waals surface area contributed by atoms with Crippen molar-refractivity contribution in [3.63, 3.8) is 0 Å². The lowest BCUT2D eigenvalue weighted by Gasteiger charge is -2.23. The molecule has 0 aliphatic heterocycles. The van der Waals surface area contributed by atoms with Gasteiger partial charge in [-0.05, 0) is 31.4 Å². The first-order valence-corrected chi connectivity index (χ1v) is 9.81. The Morgan fingerprint density at radius 1 is 0.852 bits per heavy atom. The molecule has 0 spiro atoms. The minimum atomic E-state index is 0.469. The summed E-state index contributed by atoms with van der Waals surface area (Å²) in [6.07, 6.45) is 6.29. The maximum Gasteiger partial charge on any atom is 0.225 e. The Hall–Kier alpha value is -2.88. The molecule has 2 aromatic carbocycles. The van der Waals surface area contributed by atoms with Crippen LogP contribution in [0.5, 0.6) is 0 Å². The van der Waals surface area contributed by atoms with Gasteiger partial charge in [0.25, 0.3) is 0 Å². The van der Waals surface area contributed by atoms with Crippen LogP contribution in [0.15, 0.2) is 60.7 Å². The molecule has 1 aliphatic carbocycles. The fourth-order valence-corrected chi connectivity index (χ4v) is 3.61. The third kappa shape index (κ3) is 4.45. The number of para-hydroxylation sites is 1. The highest BCUT2D eigenvalue weighted by Crippen LogP contribution is 2.26. The molecule has 4 heteroatoms. The summed E-state index contributed by atoms with van der Waals surface area (Å²) in [5.41, 5.74) is 4.29. The van der Waals surface area contributed by atoms with Crippen LogP contribution >= 0.6 is 0 Å². The molecule has 1 heterocycles. The second-order valence-corrected chi connectivity index (χ2v) is 7.25. The van der Waals surface area contributed by atoms with Crippen molar-refractivity contribution < 1.29 is 0 Å². The lowest BCUT2D eigenvalue weighted by Crippen LogP contribution is -2.23. The normalized spacial score (nSPS) is 14.7. The molecule has 1 aliphatic rings. The van der Waals surface area contributed by atoms with Gasteiger partial charge in [0.15, 0.2) is 0 Å². The maximum atomic E-state index is 4.80. The molecule has 0 bridgehead atoms. The van der Waals surface area contributed by atoms with Gasteiger partial charge in [-0.2, -0.15) is 4.98 Å². The zero-order chi connectivity index (χ0) is 18.5. The number of rotatable bonds is 5. The predicted molar refractivity (Wildman–Crippen MR) is 112 cm³/mol. The molecule has 0 amide bonds. The molecule has 4 rings (SSSR count). The van der Waals surface area contributed by atoms with Gasteiger partial charge in [-0.25, -0.2) is 4.98 Å². The molecular formula is C23H26N4. The second-order valence-electron chi connectivity index (χ2n) is 7.25. The number of aryl methyl sites for hydroxylation is 1. The molecular weight excluding hydrogens is 332 g/mol. The van der Waals surface area contributed by atoms with Crippen LogP contribution in [0.1, 0.15) is 37.7 Å². The first-order valence-electron chi connectivity index (χ1n) is 9.81. The molecule has 1 aromatic heterocycles. The molecule has 2 N–H and O–H groups in total. The summed E-state index contributed by atoms with van der Waals surface area (Å²) in [4.78, 5) is 9.56. The van der Waals surface area contributed by atoms with Crippen molar-refractivity contribution >= 4 is 17.5 Å². The molecule has 1 fully saturated rings. The van der Waals surface area contributed by atoms with Crippen molar-refractivity contribution in [2.24, 2.45) is 0 Å². The van der Waals surface area contributed by atoms with Gasteiger partial charge in [-0.1, -0.05) is 67.8 Å². The lowest BCUT2D eigenvalue weighted by molar-refractivity contribution is 0.461. The van der Waals surface area contributed by atoms with E-state index in [2.05, 4.69) is 41.8 Å². The molecule has 1 saturated carbocycles. The quantitative estimate of drug-likeness (QED) is 0.592. The Labute approximate surface area is 161 Å². The summed E-state index contributed by atoms with van der Waals surface area (Å²) in [5.74, 6) is 1.52. The van der Waals surface area contributed by atoms with E-state index >= 15 is 0 Å². The average molecular weight is 358 g/mol. The van der Waals surface area contributed by atoms with E-state index in [4.69, 9.17) is 9.97 Å². The topological polar surface area (TPSA) is 49.8 Å². The average Bonchev–Trinajstić information content (AvgIpc) is 2.71. The van der Waals surface area contributed by atoms with E-state index in [0.29, 0.717) is 12.0 Å². The number of nitrogens with one attached hydrogen (secondary N) is 2. The van der Waals surface area contributed by atoms with Gasteiger partial charge in [0.05, 0.1) is 5.69 Å². The van der Waals surface area contributed by atoms with Gasteiger partial charge in [0.2, 0.25) is 5.95 Å². The largest absolute Gasteiger partial charge is 0.351 e. The van der Waals surface area contributed by atoms with E-state index in [9.17, 15) is 0 Å². The first kappa shape index (κ1) is 17.5. The van der Waals surface area contributed by atoms with Gasteiger partial charge in [0.1, 0.15) is 5.82 Å². The lowest BCUT2D eigenvalue weighted by atomic mass is 9.96. The fourth-order valence-electron chi connectivity index (χ4n) is 3.61. The fraction of sp³-hybridized carbons (Fsp3) is 0.304. The summed E-state index contributed by atoms with van der Waals surface area (Å²) < 4.78 is 0. The first-order chi connectivity index (χ1) is 13.3. The van der Waals surface area contributed by atoms with Gasteiger partial charge >= 0.3 is 0 Å². The Kier molecular flexibility index (Phi) is 5.33. The van der Waals surface area contributed by atoms with E-state index in [0.717, 1.165) is 22.8 Å². The van der Waals surface area contributed by atoms with Gasteiger partial charge in [-0.15, -0.1) is 0 Å². The summed E-state index contributed by atoms with van der Waals surface area (Å²) in [7, 11) is 0. The van der Waals surface area contributed by atoms with Crippen molar-refractivity contribution in [2.75, 3.05) is 10.6 Å². The SMILES string of the molecule is Cc1ccccc1Nc1cc(-c2ccccc2)nc(NC2CCCCC2)n1. The highest BCUT2D eigenvalue weighted by molar-refractivity contribution is 5.68. The smallest absolute Gasteiger partial charge is 0.225 e. The molecule has 4 nitrogen and oxygen atoms in total. The second kappa shape index (κ2) is 8.21. The van der Waals surface area contributed by atoms with Crippen molar-refractivity contribution in [1.29, 1.82) is 0 Å². The Bertz CT molecular complexity index is 886. The van der Waals surface area contributed by atoms with E-state index in [1.165, 1.54) is 37.7 Å². The monoisotopic (exact) mass is 358 g/mol. The molecule has 27 heavy (non-hydrogen) atoms. The van der Waals surface area contributed by atoms with Gasteiger partial charge in [-0.3, -0.25) is 0 Å². The number of hydrogen-bond donors (Lipinski definition) is 2. The zero-order valence-corrected chi connectivity index (χ0v) is 15.8. The molecule has 0 saturated heterocycles. The van der Waals surface area contributed by atoms with Crippen LogP contribution in [0.3, 0.4) is 0 Å². The summed E-state index contributed by atoms with van der Waals surface area (Å²) in [6.45, 7) is 2.10. The van der Waals surface area contributed by atoms with Crippen LogP contribution in [0.25, 0.3) is 11.3 Å². The number of nitrogens with zero attached hydrogens (tertiary/aromatic N) is 2. The highest BCUT2D eigenvalue weighted by Gasteiger charge is 2.15. The summed E-state index contributed by atoms with van der Waals surface area (Å²) in [5, 5.41) is 7.04. The minimum absolute atomic E-state index is 0.469. The van der Waals surface area contributed by atoms with Crippen LogP contribution in [-0.2, 0) is 0 Å². The Morgan fingerprint density at radius 2 is 1.59 bits per heavy atom. The van der Waals surface area contributed by atoms with Crippen LogP contribution in [0.2, 0.25) is 0 Å². The van der Waals surface area contributed by atoms with Crippen molar-refractivity contribution in [3.8, 4) is 11.3 Å². The zero-order valence-electron chi connectivity index (χ0n) is 15.8. The summed E-state index contributed by atoms with van der Waals surface area (Å²) >= 11 is 0. The van der Waals surface area contributed by atoms with E-state index in [-0.39, 0.29) is 0 Å². The van der Waals surface area contributed by atoms with Gasteiger partial charge < -0.3 is 10.6 Å². The Balaban J connectivity index is 1.66. The molecule has 0 unspecified atom stereocenters.